The first-order chi connectivity index (χ1) is 14.3. The van der Waals surface area contributed by atoms with Crippen molar-refractivity contribution in [3.05, 3.63) is 71.9 Å². The molecule has 2 aromatic heterocycles. The second-order valence-corrected chi connectivity index (χ2v) is 5.98. The molecule has 0 amide bonds. The monoisotopic (exact) mass is 414 g/mol. The van der Waals surface area contributed by atoms with Gasteiger partial charge in [-0.2, -0.15) is 33.0 Å². The lowest BCUT2D eigenvalue weighted by Gasteiger charge is -2.13. The average Bonchev–Trinajstić information content (AvgIpc) is 3.19. The van der Waals surface area contributed by atoms with Gasteiger partial charge in [0.05, 0.1) is 5.56 Å². The van der Waals surface area contributed by atoms with E-state index < -0.39 is 17.7 Å². The number of nitriles is 1. The maximum atomic E-state index is 14.5. The molecule has 0 saturated carbocycles. The van der Waals surface area contributed by atoms with Crippen LogP contribution in [0.15, 0.2) is 54.9 Å². The van der Waals surface area contributed by atoms with E-state index in [0.717, 1.165) is 23.0 Å². The van der Waals surface area contributed by atoms with Crippen LogP contribution in [0, 0.1) is 17.1 Å². The zero-order valence-corrected chi connectivity index (χ0v) is 14.9. The Morgan fingerprint density at radius 1 is 1.07 bits per heavy atom. The summed E-state index contributed by atoms with van der Waals surface area (Å²) in [6, 6.07) is 12.7. The van der Waals surface area contributed by atoms with Gasteiger partial charge in [-0.3, -0.25) is 0 Å². The van der Waals surface area contributed by atoms with Gasteiger partial charge in [-0.05, 0) is 24.3 Å². The van der Waals surface area contributed by atoms with Crippen molar-refractivity contribution in [3.63, 3.8) is 0 Å². The number of benzene rings is 2. The summed E-state index contributed by atoms with van der Waals surface area (Å²) >= 11 is 0. The van der Waals surface area contributed by atoms with Gasteiger partial charge < -0.3 is 10.1 Å². The zero-order chi connectivity index (χ0) is 21.3. The van der Waals surface area contributed by atoms with Crippen molar-refractivity contribution in [1.82, 2.24) is 19.6 Å². The van der Waals surface area contributed by atoms with Crippen LogP contribution in [0.1, 0.15) is 11.3 Å². The molecule has 4 rings (SSSR count). The fourth-order valence-electron chi connectivity index (χ4n) is 2.62. The largest absolute Gasteiger partial charge is 0.453 e. The number of aromatic nitrogens is 4. The number of nitrogens with one attached hydrogen (secondary N) is 1. The molecule has 2 heterocycles. The summed E-state index contributed by atoms with van der Waals surface area (Å²) in [7, 11) is 0. The zero-order valence-electron chi connectivity index (χ0n) is 14.9. The van der Waals surface area contributed by atoms with E-state index in [4.69, 9.17) is 10.00 Å². The quantitative estimate of drug-likeness (QED) is 0.488. The number of hydrogen-bond donors (Lipinski definition) is 1. The van der Waals surface area contributed by atoms with E-state index in [1.54, 1.807) is 12.1 Å². The van der Waals surface area contributed by atoms with Crippen LogP contribution in [-0.4, -0.2) is 19.6 Å². The maximum absolute atomic E-state index is 14.5. The van der Waals surface area contributed by atoms with E-state index in [1.807, 2.05) is 6.07 Å². The molecule has 2 aromatic carbocycles. The smallest absolute Gasteiger partial charge is 0.433 e. The molecule has 0 unspecified atom stereocenters. The Bertz CT molecular complexity index is 1280. The van der Waals surface area contributed by atoms with Gasteiger partial charge in [0.25, 0.3) is 5.78 Å². The Balaban J connectivity index is 1.65. The van der Waals surface area contributed by atoms with Gasteiger partial charge in [-0.1, -0.05) is 12.1 Å². The summed E-state index contributed by atoms with van der Waals surface area (Å²) in [6.07, 6.45) is -3.64. The van der Waals surface area contributed by atoms with E-state index in [1.165, 1.54) is 24.3 Å². The summed E-state index contributed by atoms with van der Waals surface area (Å²) in [4.78, 5) is 7.08. The molecule has 4 aromatic rings. The molecular formula is C19H10F4N6O. The summed E-state index contributed by atoms with van der Waals surface area (Å²) in [5, 5.41) is 15.6. The highest BCUT2D eigenvalue weighted by molar-refractivity contribution is 5.60. The van der Waals surface area contributed by atoms with Gasteiger partial charge in [0, 0.05) is 17.8 Å². The van der Waals surface area contributed by atoms with Gasteiger partial charge >= 0.3 is 6.18 Å². The number of anilines is 2. The average molecular weight is 414 g/mol. The van der Waals surface area contributed by atoms with Crippen LogP contribution >= 0.6 is 0 Å². The number of alkyl halides is 3. The van der Waals surface area contributed by atoms with Crippen molar-refractivity contribution >= 4 is 17.3 Å². The van der Waals surface area contributed by atoms with Crippen LogP contribution in [0.3, 0.4) is 0 Å². The predicted octanol–water partition coefficient (Wildman–Crippen LogP) is 4.69. The van der Waals surface area contributed by atoms with E-state index in [0.29, 0.717) is 0 Å². The molecule has 1 N–H and O–H groups in total. The Morgan fingerprint density at radius 3 is 2.60 bits per heavy atom. The Morgan fingerprint density at radius 2 is 1.87 bits per heavy atom. The van der Waals surface area contributed by atoms with Crippen LogP contribution in [-0.2, 0) is 6.18 Å². The first-order valence-corrected chi connectivity index (χ1v) is 8.36. The lowest BCUT2D eigenvalue weighted by molar-refractivity contribution is -0.141. The van der Waals surface area contributed by atoms with Crippen molar-refractivity contribution in [2.45, 2.75) is 6.18 Å². The predicted molar refractivity (Wildman–Crippen MR) is 96.7 cm³/mol. The minimum absolute atomic E-state index is 0.104. The number of fused-ring (bicyclic) bond motifs is 1. The Hall–Kier alpha value is -4.20. The van der Waals surface area contributed by atoms with E-state index in [-0.39, 0.29) is 34.3 Å². The minimum Gasteiger partial charge on any atom is -0.453 e. The number of ether oxygens (including phenoxy) is 1. The number of nitrogens with zero attached hydrogens (tertiary/aromatic N) is 5. The molecule has 7 nitrogen and oxygen atoms in total. The molecule has 0 saturated heterocycles. The molecule has 0 radical (unpaired) electrons. The molecule has 0 bridgehead atoms. The van der Waals surface area contributed by atoms with Crippen LogP contribution in [0.5, 0.6) is 11.5 Å². The Kier molecular flexibility index (Phi) is 4.67. The normalized spacial score (nSPS) is 11.3. The standard InChI is InChI=1S/C19H10F4N6O/c20-13-7-12(5-6-15(13)30-14-4-2-1-3-11(14)9-24)27-17-8-16(19(21,22)23)28-18-25-10-26-29(17)18/h1-8,10,27H. The lowest BCUT2D eigenvalue weighted by Crippen LogP contribution is -2.12. The molecule has 0 spiro atoms. The van der Waals surface area contributed by atoms with E-state index in [2.05, 4.69) is 20.4 Å². The number of halogens is 4. The summed E-state index contributed by atoms with van der Waals surface area (Å²) < 4.78 is 60.3. The second-order valence-electron chi connectivity index (χ2n) is 5.98. The van der Waals surface area contributed by atoms with Crippen molar-refractivity contribution in [2.24, 2.45) is 0 Å². The molecule has 30 heavy (non-hydrogen) atoms. The van der Waals surface area contributed by atoms with Gasteiger partial charge in [-0.15, -0.1) is 0 Å². The van der Waals surface area contributed by atoms with E-state index in [9.17, 15) is 17.6 Å². The highest BCUT2D eigenvalue weighted by atomic mass is 19.4. The van der Waals surface area contributed by atoms with Crippen molar-refractivity contribution in [1.29, 1.82) is 5.26 Å². The second kappa shape index (κ2) is 7.32. The van der Waals surface area contributed by atoms with Gasteiger partial charge in [0.1, 0.15) is 24.0 Å². The molecule has 11 heteroatoms. The van der Waals surface area contributed by atoms with Gasteiger partial charge in [0.2, 0.25) is 0 Å². The summed E-state index contributed by atoms with van der Waals surface area (Å²) in [5.74, 6) is -1.13. The third-order valence-corrected chi connectivity index (χ3v) is 3.97. The van der Waals surface area contributed by atoms with Crippen molar-refractivity contribution < 1.29 is 22.3 Å². The SMILES string of the molecule is N#Cc1ccccc1Oc1ccc(Nc2cc(C(F)(F)F)nc3ncnn23)cc1F. The number of para-hydroxylation sites is 1. The Labute approximate surface area is 166 Å². The van der Waals surface area contributed by atoms with Crippen LogP contribution in [0.25, 0.3) is 5.78 Å². The van der Waals surface area contributed by atoms with Gasteiger partial charge in [-0.25, -0.2) is 9.37 Å². The molecule has 0 aliphatic heterocycles. The van der Waals surface area contributed by atoms with Crippen molar-refractivity contribution in [3.8, 4) is 17.6 Å². The fourth-order valence-corrected chi connectivity index (χ4v) is 2.62. The van der Waals surface area contributed by atoms with Crippen LogP contribution < -0.4 is 10.1 Å². The van der Waals surface area contributed by atoms with Gasteiger partial charge in [0.15, 0.2) is 17.3 Å². The van der Waals surface area contributed by atoms with Crippen molar-refractivity contribution in [2.75, 3.05) is 5.32 Å². The third kappa shape index (κ3) is 3.70. The maximum Gasteiger partial charge on any atom is 0.433 e. The van der Waals surface area contributed by atoms with Crippen LogP contribution in [0.2, 0.25) is 0 Å². The highest BCUT2D eigenvalue weighted by Gasteiger charge is 2.34. The number of hydrogen-bond acceptors (Lipinski definition) is 6. The fraction of sp³-hybridized carbons (Fsp3) is 0.0526. The van der Waals surface area contributed by atoms with Crippen LogP contribution in [0.4, 0.5) is 29.1 Å². The lowest BCUT2D eigenvalue weighted by atomic mass is 10.2. The molecule has 150 valence electrons. The highest BCUT2D eigenvalue weighted by Crippen LogP contribution is 2.32. The first-order valence-electron chi connectivity index (χ1n) is 8.36. The summed E-state index contributed by atoms with van der Waals surface area (Å²) in [5.41, 5.74) is -0.798. The molecule has 0 fully saturated rings. The first kappa shape index (κ1) is 19.1. The summed E-state index contributed by atoms with van der Waals surface area (Å²) in [6.45, 7) is 0. The molecule has 0 atom stereocenters. The van der Waals surface area contributed by atoms with E-state index >= 15 is 0 Å². The molecule has 0 aliphatic carbocycles. The topological polar surface area (TPSA) is 88.1 Å². The molecule has 0 aliphatic rings. The number of rotatable bonds is 4. The molecular weight excluding hydrogens is 404 g/mol. The third-order valence-electron chi connectivity index (χ3n) is 3.97. The minimum atomic E-state index is -4.69.